The minimum atomic E-state index is -0.527. The molecule has 0 radical (unpaired) electrons. The van der Waals surface area contributed by atoms with E-state index in [1.54, 1.807) is 6.07 Å². The second-order valence-corrected chi connectivity index (χ2v) is 6.08. The highest BCUT2D eigenvalue weighted by atomic mass is 16.6. The molecule has 1 aromatic rings. The Morgan fingerprint density at radius 1 is 1.42 bits per heavy atom. The summed E-state index contributed by atoms with van der Waals surface area (Å²) in [6, 6.07) is 5.02. The van der Waals surface area contributed by atoms with E-state index in [0.29, 0.717) is 18.7 Å². The Morgan fingerprint density at radius 2 is 2.05 bits per heavy atom. The van der Waals surface area contributed by atoms with Crippen LogP contribution in [0.15, 0.2) is 18.2 Å². The number of nitro benzene ring substituents is 1. The zero-order chi connectivity index (χ0) is 14.6. The van der Waals surface area contributed by atoms with Gasteiger partial charge in [-0.3, -0.25) is 10.1 Å². The summed E-state index contributed by atoms with van der Waals surface area (Å²) in [6.07, 6.45) is 0.112. The molecule has 2 N–H and O–H groups in total. The Morgan fingerprint density at radius 3 is 2.58 bits per heavy atom. The molecule has 1 atom stereocenters. The number of hydrogen-bond donors (Lipinski definition) is 2. The maximum absolute atomic E-state index is 11.0. The number of benzene rings is 1. The first kappa shape index (κ1) is 15.4. The molecule has 1 unspecified atom stereocenters. The number of aryl methyl sites for hydroxylation is 1. The zero-order valence-corrected chi connectivity index (χ0v) is 11.9. The third-order valence-corrected chi connectivity index (χ3v) is 2.73. The highest BCUT2D eigenvalue weighted by Gasteiger charge is 2.18. The van der Waals surface area contributed by atoms with Gasteiger partial charge in [-0.2, -0.15) is 0 Å². The Hall–Kier alpha value is -1.62. The quantitative estimate of drug-likeness (QED) is 0.634. The van der Waals surface area contributed by atoms with Gasteiger partial charge in [-0.05, 0) is 30.4 Å². The third kappa shape index (κ3) is 5.26. The topological polar surface area (TPSA) is 75.4 Å². The first-order valence-electron chi connectivity index (χ1n) is 6.36. The molecule has 0 saturated carbocycles. The SMILES string of the molecule is Cc1ccc(NCC(O)CC(C)(C)C)c([N+](=O)[O-])c1. The van der Waals surface area contributed by atoms with Crippen LogP contribution in [0.5, 0.6) is 0 Å². The third-order valence-electron chi connectivity index (χ3n) is 2.73. The van der Waals surface area contributed by atoms with E-state index in [2.05, 4.69) is 5.32 Å². The summed E-state index contributed by atoms with van der Waals surface area (Å²) in [5, 5.41) is 23.8. The van der Waals surface area contributed by atoms with E-state index in [1.165, 1.54) is 6.07 Å². The molecule has 0 aliphatic heterocycles. The average Bonchev–Trinajstić information content (AvgIpc) is 2.24. The predicted molar refractivity (Wildman–Crippen MR) is 76.4 cm³/mol. The van der Waals surface area contributed by atoms with Crippen molar-refractivity contribution in [3.63, 3.8) is 0 Å². The molecular formula is C14H22N2O3. The van der Waals surface area contributed by atoms with Crippen LogP contribution in [0.2, 0.25) is 0 Å². The van der Waals surface area contributed by atoms with Crippen LogP contribution in [0, 0.1) is 22.5 Å². The van der Waals surface area contributed by atoms with Gasteiger partial charge >= 0.3 is 0 Å². The van der Waals surface area contributed by atoms with Gasteiger partial charge < -0.3 is 10.4 Å². The van der Waals surface area contributed by atoms with E-state index in [-0.39, 0.29) is 11.1 Å². The van der Waals surface area contributed by atoms with E-state index in [4.69, 9.17) is 0 Å². The summed E-state index contributed by atoms with van der Waals surface area (Å²) in [5.74, 6) is 0. The van der Waals surface area contributed by atoms with Crippen LogP contribution >= 0.6 is 0 Å². The molecule has 0 spiro atoms. The average molecular weight is 266 g/mol. The van der Waals surface area contributed by atoms with Gasteiger partial charge in [0.05, 0.1) is 11.0 Å². The van der Waals surface area contributed by atoms with Gasteiger partial charge in [0, 0.05) is 12.6 Å². The van der Waals surface area contributed by atoms with Gasteiger partial charge in [0.25, 0.3) is 5.69 Å². The van der Waals surface area contributed by atoms with E-state index in [1.807, 2.05) is 33.8 Å². The molecule has 0 aliphatic carbocycles. The van der Waals surface area contributed by atoms with Crippen molar-refractivity contribution in [3.05, 3.63) is 33.9 Å². The molecule has 0 aliphatic rings. The molecule has 0 bridgehead atoms. The fraction of sp³-hybridized carbons (Fsp3) is 0.571. The van der Waals surface area contributed by atoms with Crippen LogP contribution in [0.1, 0.15) is 32.8 Å². The van der Waals surface area contributed by atoms with Crippen molar-refractivity contribution < 1.29 is 10.0 Å². The number of hydrogen-bond acceptors (Lipinski definition) is 4. The summed E-state index contributed by atoms with van der Waals surface area (Å²) in [6.45, 7) is 8.26. The second kappa shape index (κ2) is 6.02. The number of aliphatic hydroxyl groups is 1. The molecule has 0 fully saturated rings. The van der Waals surface area contributed by atoms with Crippen LogP contribution in [0.25, 0.3) is 0 Å². The maximum Gasteiger partial charge on any atom is 0.292 e. The molecule has 0 heterocycles. The van der Waals surface area contributed by atoms with Crippen LogP contribution in [0.4, 0.5) is 11.4 Å². The summed E-state index contributed by atoms with van der Waals surface area (Å²) >= 11 is 0. The van der Waals surface area contributed by atoms with Crippen molar-refractivity contribution in [2.75, 3.05) is 11.9 Å². The summed E-state index contributed by atoms with van der Waals surface area (Å²) < 4.78 is 0. The van der Waals surface area contributed by atoms with Crippen molar-refractivity contribution in [3.8, 4) is 0 Å². The van der Waals surface area contributed by atoms with Crippen molar-refractivity contribution in [1.29, 1.82) is 0 Å². The number of rotatable bonds is 5. The molecular weight excluding hydrogens is 244 g/mol. The molecule has 106 valence electrons. The Balaban J connectivity index is 2.70. The van der Waals surface area contributed by atoms with Crippen LogP contribution < -0.4 is 5.32 Å². The zero-order valence-electron chi connectivity index (χ0n) is 11.9. The molecule has 5 nitrogen and oxygen atoms in total. The normalized spacial score (nSPS) is 13.1. The van der Waals surface area contributed by atoms with Gasteiger partial charge in [0.2, 0.25) is 0 Å². The molecule has 0 aromatic heterocycles. The summed E-state index contributed by atoms with van der Waals surface area (Å²) in [5.41, 5.74) is 1.36. The van der Waals surface area contributed by atoms with E-state index < -0.39 is 11.0 Å². The highest BCUT2D eigenvalue weighted by molar-refractivity contribution is 5.62. The smallest absolute Gasteiger partial charge is 0.292 e. The van der Waals surface area contributed by atoms with Gasteiger partial charge in [-0.25, -0.2) is 0 Å². The molecule has 0 saturated heterocycles. The van der Waals surface area contributed by atoms with Crippen LogP contribution in [0.3, 0.4) is 0 Å². The fourth-order valence-electron chi connectivity index (χ4n) is 1.95. The lowest BCUT2D eigenvalue weighted by Crippen LogP contribution is -2.25. The number of nitro groups is 1. The Kier molecular flexibility index (Phi) is 4.89. The first-order chi connectivity index (χ1) is 8.69. The van der Waals surface area contributed by atoms with Gasteiger partial charge in [-0.1, -0.05) is 26.8 Å². The monoisotopic (exact) mass is 266 g/mol. The van der Waals surface area contributed by atoms with Crippen molar-refractivity contribution in [2.45, 2.75) is 40.2 Å². The minimum absolute atomic E-state index is 0.0281. The lowest BCUT2D eigenvalue weighted by molar-refractivity contribution is -0.384. The summed E-state index contributed by atoms with van der Waals surface area (Å²) in [7, 11) is 0. The lowest BCUT2D eigenvalue weighted by atomic mass is 9.89. The number of nitrogens with zero attached hydrogens (tertiary/aromatic N) is 1. The van der Waals surface area contributed by atoms with Crippen molar-refractivity contribution in [2.24, 2.45) is 5.41 Å². The second-order valence-electron chi connectivity index (χ2n) is 6.08. The van der Waals surface area contributed by atoms with Crippen molar-refractivity contribution >= 4 is 11.4 Å². The highest BCUT2D eigenvalue weighted by Crippen LogP contribution is 2.26. The van der Waals surface area contributed by atoms with Crippen LogP contribution in [-0.4, -0.2) is 22.7 Å². The largest absolute Gasteiger partial charge is 0.391 e. The number of anilines is 1. The standard InChI is InChI=1S/C14H22N2O3/c1-10-5-6-12(13(7-10)16(18)19)15-9-11(17)8-14(2,3)4/h5-7,11,15,17H,8-9H2,1-4H3. The lowest BCUT2D eigenvalue weighted by Gasteiger charge is -2.22. The maximum atomic E-state index is 11.0. The Bertz CT molecular complexity index is 452. The van der Waals surface area contributed by atoms with Gasteiger partial charge in [-0.15, -0.1) is 0 Å². The molecule has 1 rings (SSSR count). The first-order valence-corrected chi connectivity index (χ1v) is 6.36. The predicted octanol–water partition coefficient (Wildman–Crippen LogP) is 3.11. The summed E-state index contributed by atoms with van der Waals surface area (Å²) in [4.78, 5) is 10.5. The molecule has 0 amide bonds. The molecule has 5 heteroatoms. The van der Waals surface area contributed by atoms with Crippen LogP contribution in [-0.2, 0) is 0 Å². The number of aliphatic hydroxyl groups excluding tert-OH is 1. The molecule has 1 aromatic carbocycles. The molecule has 19 heavy (non-hydrogen) atoms. The minimum Gasteiger partial charge on any atom is -0.391 e. The van der Waals surface area contributed by atoms with E-state index in [9.17, 15) is 15.2 Å². The Labute approximate surface area is 113 Å². The fourth-order valence-corrected chi connectivity index (χ4v) is 1.95. The van der Waals surface area contributed by atoms with E-state index in [0.717, 1.165) is 5.56 Å². The number of nitrogens with one attached hydrogen (secondary N) is 1. The van der Waals surface area contributed by atoms with E-state index >= 15 is 0 Å². The van der Waals surface area contributed by atoms with Crippen molar-refractivity contribution in [1.82, 2.24) is 0 Å². The van der Waals surface area contributed by atoms with Gasteiger partial charge in [0.1, 0.15) is 5.69 Å². The van der Waals surface area contributed by atoms with Gasteiger partial charge in [0.15, 0.2) is 0 Å².